The van der Waals surface area contributed by atoms with Gasteiger partial charge in [-0.1, -0.05) is 33.8 Å². The Balaban J connectivity index is 1.58. The molecule has 1 unspecified atom stereocenters. The largest absolute Gasteiger partial charge is 0.497 e. The van der Waals surface area contributed by atoms with Gasteiger partial charge in [0, 0.05) is 28.8 Å². The highest BCUT2D eigenvalue weighted by molar-refractivity contribution is 5.68. The summed E-state index contributed by atoms with van der Waals surface area (Å²) >= 11 is 0. The summed E-state index contributed by atoms with van der Waals surface area (Å²) in [6, 6.07) is 10.6. The van der Waals surface area contributed by atoms with Crippen LogP contribution in [-0.2, 0) is 13.0 Å². The van der Waals surface area contributed by atoms with Crippen LogP contribution in [0.15, 0.2) is 42.7 Å². The molecular weight excluding hydrogens is 429 g/mol. The quantitative estimate of drug-likeness (QED) is 0.351. The summed E-state index contributed by atoms with van der Waals surface area (Å²) < 4.78 is 26.1. The Morgan fingerprint density at radius 1 is 1.06 bits per heavy atom. The van der Waals surface area contributed by atoms with E-state index in [1.807, 2.05) is 18.2 Å². The molecule has 6 heteroatoms. The molecule has 0 saturated heterocycles. The van der Waals surface area contributed by atoms with Crippen molar-refractivity contribution in [2.45, 2.75) is 65.9 Å². The SMILES string of the molecule is CCC(c1cc(OCc2ccc(-c3cc(OC)ccc3F)c(CC(C)(C)C)n2)ncn1)C1CC1. The molecule has 1 atom stereocenters. The summed E-state index contributed by atoms with van der Waals surface area (Å²) in [5.41, 5.74) is 3.92. The summed E-state index contributed by atoms with van der Waals surface area (Å²) in [6.07, 6.45) is 5.91. The average Bonchev–Trinajstić information content (AvgIpc) is 3.63. The van der Waals surface area contributed by atoms with Crippen molar-refractivity contribution in [2.24, 2.45) is 11.3 Å². The molecule has 180 valence electrons. The Kier molecular flexibility index (Phi) is 7.15. The van der Waals surface area contributed by atoms with Crippen LogP contribution in [0.3, 0.4) is 0 Å². The zero-order valence-electron chi connectivity index (χ0n) is 20.8. The van der Waals surface area contributed by atoms with Gasteiger partial charge in [-0.3, -0.25) is 4.98 Å². The predicted octanol–water partition coefficient (Wildman–Crippen LogP) is 6.76. The first-order valence-electron chi connectivity index (χ1n) is 12.0. The highest BCUT2D eigenvalue weighted by atomic mass is 19.1. The minimum Gasteiger partial charge on any atom is -0.497 e. The van der Waals surface area contributed by atoms with E-state index in [0.717, 1.165) is 35.0 Å². The lowest BCUT2D eigenvalue weighted by Gasteiger charge is -2.21. The molecule has 34 heavy (non-hydrogen) atoms. The molecule has 0 N–H and O–H groups in total. The molecular formula is C28H34FN3O2. The maximum atomic E-state index is 14.7. The molecule has 1 fully saturated rings. The van der Waals surface area contributed by atoms with Gasteiger partial charge in [0.2, 0.25) is 5.88 Å². The van der Waals surface area contributed by atoms with Crippen LogP contribution in [0.1, 0.15) is 70.0 Å². The first-order chi connectivity index (χ1) is 16.3. The summed E-state index contributed by atoms with van der Waals surface area (Å²) in [7, 11) is 1.58. The van der Waals surface area contributed by atoms with Gasteiger partial charge in [-0.2, -0.15) is 0 Å². The number of rotatable bonds is 9. The number of aromatic nitrogens is 3. The molecule has 0 bridgehead atoms. The topological polar surface area (TPSA) is 57.1 Å². The van der Waals surface area contributed by atoms with Gasteiger partial charge in [-0.15, -0.1) is 0 Å². The molecule has 1 aliphatic carbocycles. The van der Waals surface area contributed by atoms with Crippen LogP contribution >= 0.6 is 0 Å². The van der Waals surface area contributed by atoms with E-state index in [2.05, 4.69) is 37.7 Å². The Hall–Kier alpha value is -3.02. The number of nitrogens with zero attached hydrogens (tertiary/aromatic N) is 3. The van der Waals surface area contributed by atoms with Gasteiger partial charge in [0.15, 0.2) is 0 Å². The number of hydrogen-bond donors (Lipinski definition) is 0. The van der Waals surface area contributed by atoms with Crippen LogP contribution in [0, 0.1) is 17.2 Å². The van der Waals surface area contributed by atoms with Crippen molar-refractivity contribution >= 4 is 0 Å². The molecule has 0 aliphatic heterocycles. The zero-order chi connectivity index (χ0) is 24.3. The second kappa shape index (κ2) is 10.1. The van der Waals surface area contributed by atoms with E-state index >= 15 is 0 Å². The van der Waals surface area contributed by atoms with Crippen LogP contribution in [0.25, 0.3) is 11.1 Å². The molecule has 2 heterocycles. The van der Waals surface area contributed by atoms with Crippen LogP contribution in [0.5, 0.6) is 11.6 Å². The second-order valence-corrected chi connectivity index (χ2v) is 10.3. The van der Waals surface area contributed by atoms with Gasteiger partial charge in [-0.05, 0) is 61.3 Å². The number of pyridine rings is 1. The first kappa shape index (κ1) is 24.1. The van der Waals surface area contributed by atoms with Gasteiger partial charge in [-0.25, -0.2) is 14.4 Å². The lowest BCUT2D eigenvalue weighted by molar-refractivity contribution is 0.286. The fourth-order valence-electron chi connectivity index (χ4n) is 4.41. The Bertz CT molecular complexity index is 1140. The van der Waals surface area contributed by atoms with E-state index in [4.69, 9.17) is 14.5 Å². The number of benzene rings is 1. The maximum Gasteiger partial charge on any atom is 0.216 e. The fraction of sp³-hybridized carbons (Fsp3) is 0.464. The van der Waals surface area contributed by atoms with Crippen molar-refractivity contribution in [3.05, 3.63) is 65.6 Å². The molecule has 4 rings (SSSR count). The second-order valence-electron chi connectivity index (χ2n) is 10.3. The maximum absolute atomic E-state index is 14.7. The monoisotopic (exact) mass is 463 g/mol. The van der Waals surface area contributed by atoms with Crippen molar-refractivity contribution in [1.29, 1.82) is 0 Å². The molecule has 1 aliphatic rings. The third-order valence-corrected chi connectivity index (χ3v) is 6.24. The standard InChI is InChI=1S/C28H34FN3O2/c1-6-21(18-7-8-18)25-14-27(31-17-30-25)34-16-19-9-11-22(26(32-19)15-28(2,3)4)23-13-20(33-5)10-12-24(23)29/h9-14,17-18,21H,6-8,15-16H2,1-5H3. The summed E-state index contributed by atoms with van der Waals surface area (Å²) in [4.78, 5) is 13.7. The van der Waals surface area contributed by atoms with Crippen LogP contribution in [-0.4, -0.2) is 22.1 Å². The molecule has 0 radical (unpaired) electrons. The third kappa shape index (κ3) is 5.91. The van der Waals surface area contributed by atoms with E-state index in [1.54, 1.807) is 25.6 Å². The minimum atomic E-state index is -0.295. The Morgan fingerprint density at radius 3 is 2.53 bits per heavy atom. The van der Waals surface area contributed by atoms with Gasteiger partial charge >= 0.3 is 0 Å². The molecule has 2 aromatic heterocycles. The Morgan fingerprint density at radius 2 is 1.85 bits per heavy atom. The highest BCUT2D eigenvalue weighted by Crippen LogP contribution is 2.44. The van der Waals surface area contributed by atoms with E-state index in [0.29, 0.717) is 29.5 Å². The molecule has 0 spiro atoms. The molecule has 0 amide bonds. The van der Waals surface area contributed by atoms with Crippen molar-refractivity contribution in [2.75, 3.05) is 7.11 Å². The van der Waals surface area contributed by atoms with Crippen LogP contribution in [0.4, 0.5) is 4.39 Å². The number of methoxy groups -OCH3 is 1. The number of ether oxygens (including phenoxy) is 2. The fourth-order valence-corrected chi connectivity index (χ4v) is 4.41. The minimum absolute atomic E-state index is 0.0178. The van der Waals surface area contributed by atoms with Gasteiger partial charge in [0.1, 0.15) is 24.5 Å². The molecule has 1 aromatic carbocycles. The zero-order valence-corrected chi connectivity index (χ0v) is 20.8. The van der Waals surface area contributed by atoms with Crippen molar-refractivity contribution < 1.29 is 13.9 Å². The molecule has 1 saturated carbocycles. The molecule has 3 aromatic rings. The van der Waals surface area contributed by atoms with Crippen molar-refractivity contribution in [3.63, 3.8) is 0 Å². The van der Waals surface area contributed by atoms with E-state index in [1.165, 1.54) is 18.9 Å². The van der Waals surface area contributed by atoms with E-state index < -0.39 is 0 Å². The lowest BCUT2D eigenvalue weighted by atomic mass is 9.87. The number of halogens is 1. The lowest BCUT2D eigenvalue weighted by Crippen LogP contribution is -2.13. The van der Waals surface area contributed by atoms with Gasteiger partial charge in [0.25, 0.3) is 0 Å². The smallest absolute Gasteiger partial charge is 0.216 e. The van der Waals surface area contributed by atoms with Crippen molar-refractivity contribution in [1.82, 2.24) is 15.0 Å². The van der Waals surface area contributed by atoms with Gasteiger partial charge < -0.3 is 9.47 Å². The Labute approximate surface area is 201 Å². The highest BCUT2D eigenvalue weighted by Gasteiger charge is 2.32. The third-order valence-electron chi connectivity index (χ3n) is 6.24. The summed E-state index contributed by atoms with van der Waals surface area (Å²) in [5, 5.41) is 0. The number of hydrogen-bond acceptors (Lipinski definition) is 5. The van der Waals surface area contributed by atoms with Crippen LogP contribution in [0.2, 0.25) is 0 Å². The predicted molar refractivity (Wildman–Crippen MR) is 131 cm³/mol. The molecule has 5 nitrogen and oxygen atoms in total. The van der Waals surface area contributed by atoms with E-state index in [9.17, 15) is 4.39 Å². The summed E-state index contributed by atoms with van der Waals surface area (Å²) in [6.45, 7) is 8.94. The first-order valence-corrected chi connectivity index (χ1v) is 12.0. The van der Waals surface area contributed by atoms with Crippen molar-refractivity contribution in [3.8, 4) is 22.8 Å². The van der Waals surface area contributed by atoms with Crippen LogP contribution < -0.4 is 9.47 Å². The average molecular weight is 464 g/mol. The summed E-state index contributed by atoms with van der Waals surface area (Å²) in [5.74, 6) is 2.09. The van der Waals surface area contributed by atoms with Gasteiger partial charge in [0.05, 0.1) is 18.5 Å². The van der Waals surface area contributed by atoms with E-state index in [-0.39, 0.29) is 17.8 Å². The normalized spacial score (nSPS) is 14.6.